The van der Waals surface area contributed by atoms with Crippen LogP contribution in [0.3, 0.4) is 0 Å². The van der Waals surface area contributed by atoms with Gasteiger partial charge in [0.25, 0.3) is 0 Å². The third-order valence-electron chi connectivity index (χ3n) is 2.69. The van der Waals surface area contributed by atoms with E-state index in [0.29, 0.717) is 6.04 Å². The molecule has 0 fully saturated rings. The van der Waals surface area contributed by atoms with Gasteiger partial charge in [0, 0.05) is 25.6 Å². The monoisotopic (exact) mass is 239 g/mol. The van der Waals surface area contributed by atoms with Crippen molar-refractivity contribution in [3.8, 4) is 0 Å². The number of aryl methyl sites for hydroxylation is 1. The number of likely N-dealkylation sites (N-methyl/N-ethyl adjacent to an activating group) is 1. The first-order valence-corrected chi connectivity index (χ1v) is 6.42. The second-order valence-corrected chi connectivity index (χ2v) is 4.61. The van der Waals surface area contributed by atoms with Gasteiger partial charge in [-0.15, -0.1) is 0 Å². The topological polar surface area (TPSA) is 46.0 Å². The molecule has 0 bridgehead atoms. The van der Waals surface area contributed by atoms with Gasteiger partial charge < -0.3 is 10.2 Å². The van der Waals surface area contributed by atoms with Crippen LogP contribution < -0.4 is 5.32 Å². The van der Waals surface area contributed by atoms with Crippen molar-refractivity contribution in [1.29, 1.82) is 0 Å². The van der Waals surface area contributed by atoms with Gasteiger partial charge in [-0.3, -0.25) is 4.68 Å². The van der Waals surface area contributed by atoms with Gasteiger partial charge in [0.2, 0.25) is 0 Å². The summed E-state index contributed by atoms with van der Waals surface area (Å²) in [6.45, 7) is 7.25. The number of rotatable bonds is 8. The van der Waals surface area contributed by atoms with Crippen molar-refractivity contribution in [2.45, 2.75) is 39.3 Å². The van der Waals surface area contributed by atoms with Crippen molar-refractivity contribution in [3.05, 3.63) is 12.2 Å². The molecule has 1 aromatic rings. The SMILES string of the molecule is CCCNC(Cc1ncnn1CC)CN(C)C. The Morgan fingerprint density at radius 1 is 1.41 bits per heavy atom. The average molecular weight is 239 g/mol. The fourth-order valence-corrected chi connectivity index (χ4v) is 1.92. The normalized spacial score (nSPS) is 13.2. The van der Waals surface area contributed by atoms with Gasteiger partial charge in [0.1, 0.15) is 12.2 Å². The molecule has 1 heterocycles. The number of hydrogen-bond donors (Lipinski definition) is 1. The van der Waals surface area contributed by atoms with E-state index in [-0.39, 0.29) is 0 Å². The largest absolute Gasteiger partial charge is 0.312 e. The minimum Gasteiger partial charge on any atom is -0.312 e. The van der Waals surface area contributed by atoms with E-state index in [4.69, 9.17) is 0 Å². The highest BCUT2D eigenvalue weighted by molar-refractivity contribution is 4.90. The Morgan fingerprint density at radius 3 is 2.76 bits per heavy atom. The summed E-state index contributed by atoms with van der Waals surface area (Å²) in [7, 11) is 4.20. The molecular formula is C12H25N5. The van der Waals surface area contributed by atoms with Crippen molar-refractivity contribution in [3.63, 3.8) is 0 Å². The fourth-order valence-electron chi connectivity index (χ4n) is 1.92. The van der Waals surface area contributed by atoms with E-state index in [1.165, 1.54) is 0 Å². The predicted octanol–water partition coefficient (Wildman–Crippen LogP) is 0.770. The van der Waals surface area contributed by atoms with E-state index in [9.17, 15) is 0 Å². The highest BCUT2D eigenvalue weighted by atomic mass is 15.3. The van der Waals surface area contributed by atoms with Gasteiger partial charge >= 0.3 is 0 Å². The molecule has 0 aliphatic heterocycles. The number of nitrogens with zero attached hydrogens (tertiary/aromatic N) is 4. The molecule has 1 aromatic heterocycles. The Bertz CT molecular complexity index is 308. The lowest BCUT2D eigenvalue weighted by Gasteiger charge is -2.22. The average Bonchev–Trinajstić information content (AvgIpc) is 2.72. The summed E-state index contributed by atoms with van der Waals surface area (Å²) in [5.74, 6) is 1.07. The van der Waals surface area contributed by atoms with E-state index in [1.807, 2.05) is 4.68 Å². The molecule has 5 nitrogen and oxygen atoms in total. The minimum absolute atomic E-state index is 0.444. The standard InChI is InChI=1S/C12H25N5/c1-5-7-13-11(9-16(3)4)8-12-14-10-15-17(12)6-2/h10-11,13H,5-9H2,1-4H3. The van der Waals surface area contributed by atoms with Gasteiger partial charge in [-0.1, -0.05) is 6.92 Å². The van der Waals surface area contributed by atoms with Gasteiger partial charge in [0.15, 0.2) is 0 Å². The summed E-state index contributed by atoms with van der Waals surface area (Å²) in [5, 5.41) is 7.78. The summed E-state index contributed by atoms with van der Waals surface area (Å²) in [4.78, 5) is 6.54. The molecule has 5 heteroatoms. The summed E-state index contributed by atoms with van der Waals surface area (Å²) in [5.41, 5.74) is 0. The Kier molecular flexibility index (Phi) is 6.15. The zero-order chi connectivity index (χ0) is 12.7. The first-order chi connectivity index (χ1) is 8.17. The minimum atomic E-state index is 0.444. The molecule has 17 heavy (non-hydrogen) atoms. The quantitative estimate of drug-likeness (QED) is 0.728. The maximum absolute atomic E-state index is 4.34. The fraction of sp³-hybridized carbons (Fsp3) is 0.833. The highest BCUT2D eigenvalue weighted by Crippen LogP contribution is 2.01. The molecule has 0 aliphatic rings. The number of hydrogen-bond acceptors (Lipinski definition) is 4. The first-order valence-electron chi connectivity index (χ1n) is 6.42. The van der Waals surface area contributed by atoms with Gasteiger partial charge in [-0.2, -0.15) is 5.10 Å². The van der Waals surface area contributed by atoms with Gasteiger partial charge in [-0.25, -0.2) is 4.98 Å². The highest BCUT2D eigenvalue weighted by Gasteiger charge is 2.13. The lowest BCUT2D eigenvalue weighted by Crippen LogP contribution is -2.40. The van der Waals surface area contributed by atoms with Crippen LogP contribution >= 0.6 is 0 Å². The molecule has 0 radical (unpaired) electrons. The zero-order valence-electron chi connectivity index (χ0n) is 11.5. The molecule has 1 atom stereocenters. The summed E-state index contributed by atoms with van der Waals surface area (Å²) >= 11 is 0. The smallest absolute Gasteiger partial charge is 0.138 e. The molecule has 98 valence electrons. The van der Waals surface area contributed by atoms with Crippen LogP contribution in [0.25, 0.3) is 0 Å². The van der Waals surface area contributed by atoms with Crippen LogP contribution in [0.4, 0.5) is 0 Å². The summed E-state index contributed by atoms with van der Waals surface area (Å²) in [6, 6.07) is 0.444. The molecular weight excluding hydrogens is 214 g/mol. The first kappa shape index (κ1) is 14.1. The van der Waals surface area contributed by atoms with E-state index in [2.05, 4.69) is 48.2 Å². The van der Waals surface area contributed by atoms with Crippen LogP contribution in [-0.4, -0.2) is 52.9 Å². The van der Waals surface area contributed by atoms with Crippen molar-refractivity contribution < 1.29 is 0 Å². The zero-order valence-corrected chi connectivity index (χ0v) is 11.5. The van der Waals surface area contributed by atoms with Crippen molar-refractivity contribution in [1.82, 2.24) is 25.0 Å². The Morgan fingerprint density at radius 2 is 2.18 bits per heavy atom. The molecule has 1 unspecified atom stereocenters. The second-order valence-electron chi connectivity index (χ2n) is 4.61. The lowest BCUT2D eigenvalue weighted by molar-refractivity contribution is 0.330. The maximum atomic E-state index is 4.34. The molecule has 0 aromatic carbocycles. The van der Waals surface area contributed by atoms with E-state index in [1.54, 1.807) is 6.33 Å². The Balaban J connectivity index is 2.58. The van der Waals surface area contributed by atoms with Gasteiger partial charge in [0.05, 0.1) is 0 Å². The summed E-state index contributed by atoms with van der Waals surface area (Å²) < 4.78 is 1.97. The Hall–Kier alpha value is -0.940. The van der Waals surface area contributed by atoms with Crippen molar-refractivity contribution in [2.24, 2.45) is 0 Å². The van der Waals surface area contributed by atoms with Crippen molar-refractivity contribution >= 4 is 0 Å². The summed E-state index contributed by atoms with van der Waals surface area (Å²) in [6.07, 6.45) is 3.74. The molecule has 0 amide bonds. The van der Waals surface area contributed by atoms with E-state index < -0.39 is 0 Å². The van der Waals surface area contributed by atoms with Crippen LogP contribution in [0.15, 0.2) is 6.33 Å². The number of nitrogens with one attached hydrogen (secondary N) is 1. The van der Waals surface area contributed by atoms with Crippen molar-refractivity contribution in [2.75, 3.05) is 27.2 Å². The second kappa shape index (κ2) is 7.40. The van der Waals surface area contributed by atoms with E-state index >= 15 is 0 Å². The third kappa shape index (κ3) is 4.83. The van der Waals surface area contributed by atoms with Crippen LogP contribution in [-0.2, 0) is 13.0 Å². The molecule has 0 saturated heterocycles. The predicted molar refractivity (Wildman–Crippen MR) is 70.0 cm³/mol. The Labute approximate surface area is 104 Å². The number of aromatic nitrogens is 3. The molecule has 1 rings (SSSR count). The molecule has 0 saturated carbocycles. The maximum Gasteiger partial charge on any atom is 0.138 e. The van der Waals surface area contributed by atoms with E-state index in [0.717, 1.165) is 38.3 Å². The molecule has 0 aliphatic carbocycles. The molecule has 1 N–H and O–H groups in total. The van der Waals surface area contributed by atoms with Crippen LogP contribution in [0.2, 0.25) is 0 Å². The van der Waals surface area contributed by atoms with Crippen LogP contribution in [0.5, 0.6) is 0 Å². The lowest BCUT2D eigenvalue weighted by atomic mass is 10.2. The van der Waals surface area contributed by atoms with Crippen LogP contribution in [0.1, 0.15) is 26.1 Å². The third-order valence-corrected chi connectivity index (χ3v) is 2.69. The van der Waals surface area contributed by atoms with Crippen LogP contribution in [0, 0.1) is 0 Å². The molecule has 0 spiro atoms. The van der Waals surface area contributed by atoms with Gasteiger partial charge in [-0.05, 0) is 34.0 Å².